The number of para-hydroxylation sites is 2. The highest BCUT2D eigenvalue weighted by atomic mass is 16.7. The summed E-state index contributed by atoms with van der Waals surface area (Å²) in [6.45, 7) is 5.89. The van der Waals surface area contributed by atoms with Gasteiger partial charge in [-0.3, -0.25) is 4.40 Å². The third-order valence-corrected chi connectivity index (χ3v) is 4.67. The fraction of sp³-hybridized carbons (Fsp3) is 0.368. The lowest BCUT2D eigenvalue weighted by atomic mass is 10.1. The van der Waals surface area contributed by atoms with Crippen molar-refractivity contribution in [2.75, 3.05) is 25.1 Å². The van der Waals surface area contributed by atoms with Crippen LogP contribution in [0.5, 0.6) is 0 Å². The second-order valence-electron chi connectivity index (χ2n) is 6.47. The molecule has 0 unspecified atom stereocenters. The van der Waals surface area contributed by atoms with Crippen LogP contribution in [-0.4, -0.2) is 34.9 Å². The van der Waals surface area contributed by atoms with Crippen molar-refractivity contribution in [2.24, 2.45) is 0 Å². The number of hydrogen-bond acceptors (Lipinski definition) is 5. The van der Waals surface area contributed by atoms with Crippen molar-refractivity contribution in [3.05, 3.63) is 41.5 Å². The number of nitrogens with zero attached hydrogens (tertiary/aromatic N) is 3. The number of pyridine rings is 1. The van der Waals surface area contributed by atoms with Gasteiger partial charge in [0, 0.05) is 13.0 Å². The number of fused-ring (bicyclic) bond motifs is 3. The van der Waals surface area contributed by atoms with Crippen molar-refractivity contribution in [1.82, 2.24) is 9.38 Å². The lowest BCUT2D eigenvalue weighted by Gasteiger charge is -2.22. The summed E-state index contributed by atoms with van der Waals surface area (Å²) in [6, 6.07) is 12.2. The van der Waals surface area contributed by atoms with Crippen LogP contribution < -0.4 is 5.32 Å². The molecule has 3 aromatic rings. The number of benzene rings is 1. The van der Waals surface area contributed by atoms with Crippen LogP contribution in [0.2, 0.25) is 0 Å². The third kappa shape index (κ3) is 2.72. The molecule has 6 nitrogen and oxygen atoms in total. The third-order valence-electron chi connectivity index (χ3n) is 4.67. The Balaban J connectivity index is 1.74. The molecule has 3 heterocycles. The minimum absolute atomic E-state index is 0.523. The molecule has 0 radical (unpaired) electrons. The van der Waals surface area contributed by atoms with Gasteiger partial charge in [0.05, 0.1) is 29.8 Å². The van der Waals surface area contributed by atoms with Crippen LogP contribution in [0, 0.1) is 18.3 Å². The van der Waals surface area contributed by atoms with Crippen molar-refractivity contribution in [1.29, 1.82) is 5.26 Å². The van der Waals surface area contributed by atoms with E-state index >= 15 is 0 Å². The Morgan fingerprint density at radius 2 is 2.08 bits per heavy atom. The molecule has 1 aliphatic rings. The molecule has 0 aliphatic carbocycles. The maximum absolute atomic E-state index is 9.53. The summed E-state index contributed by atoms with van der Waals surface area (Å²) in [5.74, 6) is 0.395. The van der Waals surface area contributed by atoms with E-state index in [9.17, 15) is 5.26 Å². The Labute approximate surface area is 146 Å². The highest BCUT2D eigenvalue weighted by Crippen LogP contribution is 2.27. The van der Waals surface area contributed by atoms with E-state index in [-0.39, 0.29) is 0 Å². The zero-order valence-electron chi connectivity index (χ0n) is 14.4. The van der Waals surface area contributed by atoms with Crippen molar-refractivity contribution in [3.8, 4) is 6.07 Å². The number of rotatable bonds is 4. The molecule has 2 aromatic heterocycles. The van der Waals surface area contributed by atoms with Crippen molar-refractivity contribution in [2.45, 2.75) is 26.1 Å². The van der Waals surface area contributed by atoms with E-state index in [1.165, 1.54) is 0 Å². The minimum Gasteiger partial charge on any atom is -0.371 e. The Bertz CT molecular complexity index is 980. The molecular weight excluding hydrogens is 316 g/mol. The molecule has 1 saturated heterocycles. The predicted octanol–water partition coefficient (Wildman–Crippen LogP) is 3.23. The van der Waals surface area contributed by atoms with Crippen molar-refractivity contribution >= 4 is 22.5 Å². The Kier molecular flexibility index (Phi) is 3.83. The lowest BCUT2D eigenvalue weighted by Crippen LogP contribution is -2.28. The van der Waals surface area contributed by atoms with Gasteiger partial charge in [-0.2, -0.15) is 5.26 Å². The summed E-state index contributed by atoms with van der Waals surface area (Å²) < 4.78 is 13.3. The standard InChI is InChI=1S/C19H20N4O2/c1-13-11-17(21-8-7-19(2)24-9-10-25-19)23-16-6-4-3-5-15(16)22-18(23)14(13)12-20/h3-6,11,21H,7-10H2,1-2H3. The SMILES string of the molecule is Cc1cc(NCCC2(C)OCCO2)n2c(nc3ccccc32)c1C#N. The molecule has 1 fully saturated rings. The summed E-state index contributed by atoms with van der Waals surface area (Å²) in [5, 5.41) is 13.0. The van der Waals surface area contributed by atoms with E-state index in [2.05, 4.69) is 16.4 Å². The van der Waals surface area contributed by atoms with Crippen molar-refractivity contribution < 1.29 is 9.47 Å². The first-order valence-corrected chi connectivity index (χ1v) is 8.44. The Morgan fingerprint density at radius 1 is 1.32 bits per heavy atom. The van der Waals surface area contributed by atoms with Gasteiger partial charge < -0.3 is 14.8 Å². The predicted molar refractivity (Wildman–Crippen MR) is 95.6 cm³/mol. The first-order valence-electron chi connectivity index (χ1n) is 8.44. The van der Waals surface area contributed by atoms with Gasteiger partial charge in [0.1, 0.15) is 11.9 Å². The lowest BCUT2D eigenvalue weighted by molar-refractivity contribution is -0.144. The molecule has 25 heavy (non-hydrogen) atoms. The van der Waals surface area contributed by atoms with Gasteiger partial charge in [-0.05, 0) is 37.6 Å². The molecule has 0 spiro atoms. The van der Waals surface area contributed by atoms with E-state index in [1.807, 2.05) is 48.6 Å². The van der Waals surface area contributed by atoms with E-state index in [1.54, 1.807) is 0 Å². The van der Waals surface area contributed by atoms with Gasteiger partial charge in [0.25, 0.3) is 0 Å². The molecule has 0 atom stereocenters. The van der Waals surface area contributed by atoms with Gasteiger partial charge >= 0.3 is 0 Å². The number of hydrogen-bond donors (Lipinski definition) is 1. The first kappa shape index (κ1) is 15.9. The van der Waals surface area contributed by atoms with Gasteiger partial charge in [-0.25, -0.2) is 4.98 Å². The van der Waals surface area contributed by atoms with E-state index in [0.717, 1.165) is 28.8 Å². The molecule has 1 aliphatic heterocycles. The number of aromatic nitrogens is 2. The van der Waals surface area contributed by atoms with E-state index < -0.39 is 5.79 Å². The van der Waals surface area contributed by atoms with Gasteiger partial charge in [0.2, 0.25) is 0 Å². The number of nitrogens with one attached hydrogen (secondary N) is 1. The monoisotopic (exact) mass is 336 g/mol. The Hall–Kier alpha value is -2.62. The van der Waals surface area contributed by atoms with Crippen LogP contribution in [0.25, 0.3) is 16.7 Å². The number of anilines is 1. The van der Waals surface area contributed by atoms with Gasteiger partial charge in [0.15, 0.2) is 11.4 Å². The average molecular weight is 336 g/mol. The largest absolute Gasteiger partial charge is 0.371 e. The average Bonchev–Trinajstić information content (AvgIpc) is 3.19. The highest BCUT2D eigenvalue weighted by molar-refractivity contribution is 5.85. The fourth-order valence-electron chi connectivity index (χ4n) is 3.34. The molecule has 4 rings (SSSR count). The number of aryl methyl sites for hydroxylation is 1. The Morgan fingerprint density at radius 3 is 2.84 bits per heavy atom. The summed E-state index contributed by atoms with van der Waals surface area (Å²) >= 11 is 0. The number of nitriles is 1. The molecule has 0 bridgehead atoms. The van der Waals surface area contributed by atoms with Crippen LogP contribution in [0.3, 0.4) is 0 Å². The van der Waals surface area contributed by atoms with Gasteiger partial charge in [-0.15, -0.1) is 0 Å². The maximum Gasteiger partial charge on any atom is 0.167 e. The van der Waals surface area contributed by atoms with Gasteiger partial charge in [-0.1, -0.05) is 12.1 Å². The quantitative estimate of drug-likeness (QED) is 0.792. The van der Waals surface area contributed by atoms with Crippen LogP contribution in [0.15, 0.2) is 30.3 Å². The second-order valence-corrected chi connectivity index (χ2v) is 6.47. The summed E-state index contributed by atoms with van der Waals surface area (Å²) in [5.41, 5.74) is 4.06. The summed E-state index contributed by atoms with van der Waals surface area (Å²) in [4.78, 5) is 4.66. The van der Waals surface area contributed by atoms with Crippen LogP contribution in [0.1, 0.15) is 24.5 Å². The zero-order chi connectivity index (χ0) is 17.4. The molecule has 0 amide bonds. The van der Waals surface area contributed by atoms with Crippen molar-refractivity contribution in [3.63, 3.8) is 0 Å². The van der Waals surface area contributed by atoms with E-state index in [4.69, 9.17) is 9.47 Å². The first-order chi connectivity index (χ1) is 12.1. The van der Waals surface area contributed by atoms with Crippen LogP contribution >= 0.6 is 0 Å². The minimum atomic E-state index is -0.523. The topological polar surface area (TPSA) is 71.6 Å². The zero-order valence-corrected chi connectivity index (χ0v) is 14.4. The molecule has 0 saturated carbocycles. The highest BCUT2D eigenvalue weighted by Gasteiger charge is 2.30. The molecule has 6 heteroatoms. The summed E-state index contributed by atoms with van der Waals surface area (Å²) in [7, 11) is 0. The smallest absolute Gasteiger partial charge is 0.167 e. The summed E-state index contributed by atoms with van der Waals surface area (Å²) in [6.07, 6.45) is 0.736. The van der Waals surface area contributed by atoms with Crippen LogP contribution in [-0.2, 0) is 9.47 Å². The number of imidazole rings is 1. The van der Waals surface area contributed by atoms with Crippen LogP contribution in [0.4, 0.5) is 5.82 Å². The fourth-order valence-corrected chi connectivity index (χ4v) is 3.34. The normalized spacial score (nSPS) is 16.4. The molecular formula is C19H20N4O2. The van der Waals surface area contributed by atoms with E-state index in [0.29, 0.717) is 31.0 Å². The molecule has 1 N–H and O–H groups in total. The molecule has 1 aromatic carbocycles. The second kappa shape index (κ2) is 6.03. The number of ether oxygens (including phenoxy) is 2. The maximum atomic E-state index is 9.53. The molecule has 128 valence electrons.